The summed E-state index contributed by atoms with van der Waals surface area (Å²) in [4.78, 5) is 10.2. The van der Waals surface area contributed by atoms with E-state index >= 15 is 0 Å². The molecule has 0 saturated heterocycles. The van der Waals surface area contributed by atoms with Gasteiger partial charge in [0, 0.05) is 17.5 Å². The van der Waals surface area contributed by atoms with E-state index in [2.05, 4.69) is 15.9 Å². The Morgan fingerprint density at radius 2 is 1.94 bits per heavy atom. The quantitative estimate of drug-likeness (QED) is 0.361. The van der Waals surface area contributed by atoms with Crippen LogP contribution in [0.2, 0.25) is 0 Å². The fraction of sp³-hybridized carbons (Fsp3) is 0.455. The Morgan fingerprint density at radius 3 is 2.38 bits per heavy atom. The average Bonchev–Trinajstić information content (AvgIpc) is 2.21. The van der Waals surface area contributed by atoms with Gasteiger partial charge in [0.15, 0.2) is 0 Å². The van der Waals surface area contributed by atoms with Crippen LogP contribution in [-0.4, -0.2) is 16.9 Å². The topological polar surface area (TPSA) is 52.4 Å². The first-order valence-electron chi connectivity index (χ1n) is 5.00. The van der Waals surface area contributed by atoms with E-state index in [0.29, 0.717) is 6.61 Å². The van der Waals surface area contributed by atoms with E-state index in [4.69, 9.17) is 4.74 Å². The molecule has 0 spiro atoms. The van der Waals surface area contributed by atoms with Gasteiger partial charge in [0.25, 0.3) is 5.69 Å². The first kappa shape index (κ1) is 13.0. The molecule has 0 saturated carbocycles. The second kappa shape index (κ2) is 5.84. The number of hydrogen-bond acceptors (Lipinski definition) is 3. The Morgan fingerprint density at radius 1 is 1.38 bits per heavy atom. The van der Waals surface area contributed by atoms with Gasteiger partial charge in [-0.2, -0.15) is 0 Å². The number of rotatable bonds is 5. The van der Waals surface area contributed by atoms with Crippen molar-refractivity contribution in [2.24, 2.45) is 0 Å². The monoisotopic (exact) mass is 287 g/mol. The first-order valence-corrected chi connectivity index (χ1v) is 6.12. The van der Waals surface area contributed by atoms with Crippen LogP contribution < -0.4 is 4.74 Å². The summed E-state index contributed by atoms with van der Waals surface area (Å²) in [7, 11) is 0. The molecule has 1 aromatic rings. The summed E-state index contributed by atoms with van der Waals surface area (Å²) in [6.07, 6.45) is 0.913. The SMILES string of the molecule is Cc1cc([N+](=O)[O-])cc(C)c1OCCCBr. The molecule has 1 rings (SSSR count). The normalized spacial score (nSPS) is 10.2. The van der Waals surface area contributed by atoms with E-state index in [1.54, 1.807) is 0 Å². The third kappa shape index (κ3) is 3.20. The second-order valence-corrected chi connectivity index (χ2v) is 4.35. The van der Waals surface area contributed by atoms with Crippen LogP contribution in [0.15, 0.2) is 12.1 Å². The third-order valence-corrected chi connectivity index (χ3v) is 2.74. The van der Waals surface area contributed by atoms with E-state index in [1.165, 1.54) is 12.1 Å². The second-order valence-electron chi connectivity index (χ2n) is 3.56. The van der Waals surface area contributed by atoms with E-state index in [-0.39, 0.29) is 10.6 Å². The minimum absolute atomic E-state index is 0.114. The maximum absolute atomic E-state index is 10.6. The van der Waals surface area contributed by atoms with Gasteiger partial charge in [0.1, 0.15) is 5.75 Å². The summed E-state index contributed by atoms with van der Waals surface area (Å²) in [6.45, 7) is 4.26. The largest absolute Gasteiger partial charge is 0.493 e. The molecule has 0 aliphatic rings. The highest BCUT2D eigenvalue weighted by Crippen LogP contribution is 2.28. The molecule has 0 heterocycles. The summed E-state index contributed by atoms with van der Waals surface area (Å²) < 4.78 is 5.59. The van der Waals surface area contributed by atoms with Gasteiger partial charge in [-0.15, -0.1) is 0 Å². The number of hydrogen-bond donors (Lipinski definition) is 0. The van der Waals surface area contributed by atoms with Gasteiger partial charge >= 0.3 is 0 Å². The smallest absolute Gasteiger partial charge is 0.270 e. The van der Waals surface area contributed by atoms with Gasteiger partial charge in [-0.25, -0.2) is 0 Å². The van der Waals surface area contributed by atoms with E-state index in [9.17, 15) is 10.1 Å². The lowest BCUT2D eigenvalue weighted by atomic mass is 10.1. The fourth-order valence-electron chi connectivity index (χ4n) is 1.49. The van der Waals surface area contributed by atoms with Crippen LogP contribution in [-0.2, 0) is 0 Å². The van der Waals surface area contributed by atoms with Gasteiger partial charge in [0.05, 0.1) is 11.5 Å². The zero-order valence-electron chi connectivity index (χ0n) is 9.33. The molecular formula is C11H14BrNO3. The van der Waals surface area contributed by atoms with Gasteiger partial charge in [-0.05, 0) is 31.4 Å². The van der Waals surface area contributed by atoms with E-state index in [0.717, 1.165) is 28.6 Å². The third-order valence-electron chi connectivity index (χ3n) is 2.18. The molecular weight excluding hydrogens is 274 g/mol. The van der Waals surface area contributed by atoms with Crippen molar-refractivity contribution < 1.29 is 9.66 Å². The number of ether oxygens (including phenoxy) is 1. The summed E-state index contributed by atoms with van der Waals surface area (Å²) in [6, 6.07) is 3.08. The maximum Gasteiger partial charge on any atom is 0.270 e. The number of nitro benzene ring substituents is 1. The number of alkyl halides is 1. The van der Waals surface area contributed by atoms with Crippen molar-refractivity contribution in [3.05, 3.63) is 33.4 Å². The number of nitro groups is 1. The molecule has 0 aliphatic heterocycles. The molecule has 0 bridgehead atoms. The predicted molar refractivity (Wildman–Crippen MR) is 66.5 cm³/mol. The van der Waals surface area contributed by atoms with E-state index < -0.39 is 0 Å². The molecule has 88 valence electrons. The summed E-state index contributed by atoms with van der Waals surface area (Å²) in [5, 5.41) is 11.5. The first-order chi connectivity index (χ1) is 7.56. The Hall–Kier alpha value is -1.10. The lowest BCUT2D eigenvalue weighted by Crippen LogP contribution is -2.02. The van der Waals surface area contributed by atoms with E-state index in [1.807, 2.05) is 13.8 Å². The van der Waals surface area contributed by atoms with Gasteiger partial charge in [-0.3, -0.25) is 10.1 Å². The molecule has 0 unspecified atom stereocenters. The zero-order valence-corrected chi connectivity index (χ0v) is 10.9. The Kier molecular flexibility index (Phi) is 4.73. The number of aryl methyl sites for hydroxylation is 2. The summed E-state index contributed by atoms with van der Waals surface area (Å²) >= 11 is 3.32. The van der Waals surface area contributed by atoms with Gasteiger partial charge < -0.3 is 4.74 Å². The number of halogens is 1. The standard InChI is InChI=1S/C11H14BrNO3/c1-8-6-10(13(14)15)7-9(2)11(8)16-5-3-4-12/h6-7H,3-5H2,1-2H3. The van der Waals surface area contributed by atoms with Crippen molar-refractivity contribution in [3.8, 4) is 5.75 Å². The number of nitrogens with zero attached hydrogens (tertiary/aromatic N) is 1. The van der Waals surface area contributed by atoms with Gasteiger partial charge in [0.2, 0.25) is 0 Å². The van der Waals surface area contributed by atoms with Crippen molar-refractivity contribution >= 4 is 21.6 Å². The highest BCUT2D eigenvalue weighted by atomic mass is 79.9. The van der Waals surface area contributed by atoms with Crippen LogP contribution in [0.4, 0.5) is 5.69 Å². The van der Waals surface area contributed by atoms with Crippen molar-refractivity contribution in [2.45, 2.75) is 20.3 Å². The number of benzene rings is 1. The summed E-state index contributed by atoms with van der Waals surface area (Å²) in [5.41, 5.74) is 1.73. The molecule has 1 aromatic carbocycles. The van der Waals surface area contributed by atoms with Crippen LogP contribution in [0.25, 0.3) is 0 Å². The highest BCUT2D eigenvalue weighted by molar-refractivity contribution is 9.09. The van der Waals surface area contributed by atoms with Gasteiger partial charge in [-0.1, -0.05) is 15.9 Å². The zero-order chi connectivity index (χ0) is 12.1. The van der Waals surface area contributed by atoms with Crippen molar-refractivity contribution in [1.82, 2.24) is 0 Å². The van der Waals surface area contributed by atoms with Crippen LogP contribution in [0.1, 0.15) is 17.5 Å². The molecule has 16 heavy (non-hydrogen) atoms. The Bertz CT molecular complexity index is 370. The molecule has 0 aromatic heterocycles. The van der Waals surface area contributed by atoms with Crippen molar-refractivity contribution in [3.63, 3.8) is 0 Å². The maximum atomic E-state index is 10.6. The average molecular weight is 288 g/mol. The van der Waals surface area contributed by atoms with Crippen LogP contribution in [0, 0.1) is 24.0 Å². The minimum atomic E-state index is -0.387. The van der Waals surface area contributed by atoms with Crippen LogP contribution in [0.3, 0.4) is 0 Å². The molecule has 0 atom stereocenters. The Balaban J connectivity index is 2.89. The minimum Gasteiger partial charge on any atom is -0.493 e. The molecule has 0 N–H and O–H groups in total. The molecule has 5 heteroatoms. The molecule has 4 nitrogen and oxygen atoms in total. The van der Waals surface area contributed by atoms with Crippen molar-refractivity contribution in [1.29, 1.82) is 0 Å². The van der Waals surface area contributed by atoms with Crippen LogP contribution >= 0.6 is 15.9 Å². The number of non-ortho nitro benzene ring substituents is 1. The molecule has 0 amide bonds. The van der Waals surface area contributed by atoms with Crippen LogP contribution in [0.5, 0.6) is 5.75 Å². The molecule has 0 radical (unpaired) electrons. The lowest BCUT2D eigenvalue weighted by molar-refractivity contribution is -0.385. The molecule has 0 aliphatic carbocycles. The Labute approximate surface area is 103 Å². The molecule has 0 fully saturated rings. The fourth-order valence-corrected chi connectivity index (χ4v) is 1.72. The highest BCUT2D eigenvalue weighted by Gasteiger charge is 2.12. The van der Waals surface area contributed by atoms with Crippen molar-refractivity contribution in [2.75, 3.05) is 11.9 Å². The summed E-state index contributed by atoms with van der Waals surface area (Å²) in [5.74, 6) is 0.756. The predicted octanol–water partition coefficient (Wildman–Crippen LogP) is 3.38. The lowest BCUT2D eigenvalue weighted by Gasteiger charge is -2.11.